The number of amides is 1. The summed E-state index contributed by atoms with van der Waals surface area (Å²) >= 11 is 0. The molecule has 4 rings (SSSR count). The minimum atomic E-state index is 0.0347. The molecule has 1 N–H and O–H groups in total. The maximum atomic E-state index is 12.4. The summed E-state index contributed by atoms with van der Waals surface area (Å²) in [5, 5.41) is 12.5. The fraction of sp³-hybridized carbons (Fsp3) is 0.619. The van der Waals surface area contributed by atoms with Crippen LogP contribution in [0.5, 0.6) is 0 Å². The van der Waals surface area contributed by atoms with E-state index in [1.54, 1.807) is 6.92 Å². The number of nitrogens with one attached hydrogen (secondary N) is 1. The number of rotatable bonds is 5. The smallest absolute Gasteiger partial charge is 0.219 e. The monoisotopic (exact) mass is 352 g/mol. The summed E-state index contributed by atoms with van der Waals surface area (Å²) in [7, 11) is 0. The van der Waals surface area contributed by atoms with E-state index in [0.29, 0.717) is 24.4 Å². The maximum Gasteiger partial charge on any atom is 0.219 e. The predicted molar refractivity (Wildman–Crippen MR) is 101 cm³/mol. The SMILES string of the molecule is CC(=O)N(C1CCN(C2(CC#N)CNC2)CC1)[C@@H]1CC1c1ccccc1. The van der Waals surface area contributed by atoms with E-state index < -0.39 is 0 Å². The van der Waals surface area contributed by atoms with Crippen molar-refractivity contribution in [3.05, 3.63) is 35.9 Å². The first-order valence-electron chi connectivity index (χ1n) is 9.81. The van der Waals surface area contributed by atoms with Gasteiger partial charge >= 0.3 is 0 Å². The molecular weight excluding hydrogens is 324 g/mol. The van der Waals surface area contributed by atoms with E-state index in [4.69, 9.17) is 0 Å². The van der Waals surface area contributed by atoms with Gasteiger partial charge in [0.15, 0.2) is 0 Å². The second-order valence-electron chi connectivity index (χ2n) is 8.13. The largest absolute Gasteiger partial charge is 0.336 e. The van der Waals surface area contributed by atoms with E-state index in [1.165, 1.54) is 5.56 Å². The molecule has 1 amide bonds. The van der Waals surface area contributed by atoms with Crippen LogP contribution in [-0.4, -0.2) is 59.5 Å². The molecule has 2 atom stereocenters. The summed E-state index contributed by atoms with van der Waals surface area (Å²) in [5.41, 5.74) is 1.39. The molecule has 5 heteroatoms. The number of carbonyl (C=O) groups excluding carboxylic acids is 1. The maximum absolute atomic E-state index is 12.4. The number of nitrogens with zero attached hydrogens (tertiary/aromatic N) is 3. The van der Waals surface area contributed by atoms with Gasteiger partial charge in [-0.1, -0.05) is 30.3 Å². The number of nitriles is 1. The molecule has 3 aliphatic rings. The van der Waals surface area contributed by atoms with Gasteiger partial charge in [-0.2, -0.15) is 5.26 Å². The van der Waals surface area contributed by atoms with Crippen molar-refractivity contribution in [3.63, 3.8) is 0 Å². The summed E-state index contributed by atoms with van der Waals surface area (Å²) in [6, 6.07) is 13.7. The fourth-order valence-corrected chi connectivity index (χ4v) is 4.95. The topological polar surface area (TPSA) is 59.4 Å². The molecule has 1 aromatic carbocycles. The van der Waals surface area contributed by atoms with Gasteiger partial charge < -0.3 is 10.2 Å². The van der Waals surface area contributed by atoms with E-state index >= 15 is 0 Å². The standard InChI is InChI=1S/C21H28N4O/c1-16(26)25(20-13-19(20)17-5-3-2-4-6-17)18-7-11-24(12-8-18)21(9-10-22)14-23-15-21/h2-6,18-20,23H,7-9,11-15H2,1H3/t19?,20-/m1/s1. The third kappa shape index (κ3) is 3.13. The Morgan fingerprint density at radius 1 is 1.31 bits per heavy atom. The van der Waals surface area contributed by atoms with Gasteiger partial charge in [-0.25, -0.2) is 0 Å². The normalized spacial score (nSPS) is 28.0. The quantitative estimate of drug-likeness (QED) is 0.882. The van der Waals surface area contributed by atoms with Crippen molar-refractivity contribution in [1.82, 2.24) is 15.1 Å². The number of hydrogen-bond donors (Lipinski definition) is 1. The Labute approximate surface area is 156 Å². The van der Waals surface area contributed by atoms with Crippen molar-refractivity contribution in [2.24, 2.45) is 0 Å². The van der Waals surface area contributed by atoms with Gasteiger partial charge in [0, 0.05) is 51.1 Å². The van der Waals surface area contributed by atoms with Crippen molar-refractivity contribution < 1.29 is 4.79 Å². The van der Waals surface area contributed by atoms with Crippen LogP contribution >= 0.6 is 0 Å². The van der Waals surface area contributed by atoms with Gasteiger partial charge in [0.2, 0.25) is 5.91 Å². The van der Waals surface area contributed by atoms with Crippen LogP contribution in [0.15, 0.2) is 30.3 Å². The number of piperidine rings is 1. The molecule has 1 unspecified atom stereocenters. The van der Waals surface area contributed by atoms with Gasteiger partial charge in [0.25, 0.3) is 0 Å². The first-order valence-corrected chi connectivity index (χ1v) is 9.81. The number of likely N-dealkylation sites (tertiary alicyclic amines) is 1. The molecular formula is C21H28N4O. The van der Waals surface area contributed by atoms with Crippen LogP contribution in [0.1, 0.15) is 44.1 Å². The van der Waals surface area contributed by atoms with Crippen LogP contribution in [0.25, 0.3) is 0 Å². The van der Waals surface area contributed by atoms with Crippen molar-refractivity contribution in [2.45, 2.75) is 56.1 Å². The minimum absolute atomic E-state index is 0.0347. The molecule has 2 heterocycles. The van der Waals surface area contributed by atoms with E-state index in [9.17, 15) is 10.1 Å². The van der Waals surface area contributed by atoms with E-state index in [-0.39, 0.29) is 11.4 Å². The van der Waals surface area contributed by atoms with E-state index in [0.717, 1.165) is 45.4 Å². The Morgan fingerprint density at radius 2 is 2.00 bits per heavy atom. The fourth-order valence-electron chi connectivity index (χ4n) is 4.95. The lowest BCUT2D eigenvalue weighted by atomic mass is 9.84. The summed E-state index contributed by atoms with van der Waals surface area (Å²) in [6.07, 6.45) is 3.72. The highest BCUT2D eigenvalue weighted by Crippen LogP contribution is 2.46. The Morgan fingerprint density at radius 3 is 2.54 bits per heavy atom. The molecule has 1 aliphatic carbocycles. The highest BCUT2D eigenvalue weighted by atomic mass is 16.2. The zero-order valence-corrected chi connectivity index (χ0v) is 15.5. The van der Waals surface area contributed by atoms with Gasteiger partial charge in [0.1, 0.15) is 0 Å². The van der Waals surface area contributed by atoms with Crippen molar-refractivity contribution in [2.75, 3.05) is 26.2 Å². The lowest BCUT2D eigenvalue weighted by Gasteiger charge is -2.52. The molecule has 1 aromatic rings. The van der Waals surface area contributed by atoms with Crippen LogP contribution in [0, 0.1) is 11.3 Å². The molecule has 1 saturated carbocycles. The second kappa shape index (κ2) is 7.02. The molecule has 0 aromatic heterocycles. The minimum Gasteiger partial charge on any atom is -0.336 e. The number of carbonyl (C=O) groups is 1. The van der Waals surface area contributed by atoms with Crippen molar-refractivity contribution in [3.8, 4) is 6.07 Å². The number of benzene rings is 1. The second-order valence-corrected chi connectivity index (χ2v) is 8.13. The van der Waals surface area contributed by atoms with E-state index in [2.05, 4.69) is 45.5 Å². The van der Waals surface area contributed by atoms with Gasteiger partial charge in [-0.05, 0) is 24.8 Å². The molecule has 0 spiro atoms. The zero-order chi connectivity index (χ0) is 18.1. The highest BCUT2D eigenvalue weighted by molar-refractivity contribution is 5.74. The summed E-state index contributed by atoms with van der Waals surface area (Å²) in [4.78, 5) is 17.1. The molecule has 2 saturated heterocycles. The van der Waals surface area contributed by atoms with Crippen LogP contribution in [0.3, 0.4) is 0 Å². The van der Waals surface area contributed by atoms with Crippen LogP contribution in [-0.2, 0) is 4.79 Å². The van der Waals surface area contributed by atoms with Gasteiger partial charge in [-0.3, -0.25) is 9.69 Å². The molecule has 26 heavy (non-hydrogen) atoms. The Hall–Kier alpha value is -1.90. The summed E-state index contributed by atoms with van der Waals surface area (Å²) in [5.74, 6) is 0.711. The third-order valence-corrected chi connectivity index (χ3v) is 6.55. The van der Waals surface area contributed by atoms with Crippen LogP contribution in [0.4, 0.5) is 0 Å². The first kappa shape index (κ1) is 17.5. The average molecular weight is 352 g/mol. The average Bonchev–Trinajstić information content (AvgIpc) is 3.40. The molecule has 3 fully saturated rings. The lowest BCUT2D eigenvalue weighted by Crippen LogP contribution is -2.70. The Kier molecular flexibility index (Phi) is 4.73. The van der Waals surface area contributed by atoms with Crippen LogP contribution in [0.2, 0.25) is 0 Å². The van der Waals surface area contributed by atoms with Crippen LogP contribution < -0.4 is 5.32 Å². The van der Waals surface area contributed by atoms with Gasteiger partial charge in [-0.15, -0.1) is 0 Å². The van der Waals surface area contributed by atoms with Crippen molar-refractivity contribution in [1.29, 1.82) is 5.26 Å². The molecule has 0 radical (unpaired) electrons. The Bertz CT molecular complexity index is 686. The number of hydrogen-bond acceptors (Lipinski definition) is 4. The summed E-state index contributed by atoms with van der Waals surface area (Å²) in [6.45, 7) is 5.53. The predicted octanol–water partition coefficient (Wildman–Crippen LogP) is 2.11. The molecule has 0 bridgehead atoms. The molecule has 138 valence electrons. The highest BCUT2D eigenvalue weighted by Gasteiger charge is 2.48. The lowest BCUT2D eigenvalue weighted by molar-refractivity contribution is -0.133. The summed E-state index contributed by atoms with van der Waals surface area (Å²) < 4.78 is 0. The zero-order valence-electron chi connectivity index (χ0n) is 15.5. The third-order valence-electron chi connectivity index (χ3n) is 6.55. The van der Waals surface area contributed by atoms with Crippen molar-refractivity contribution >= 4 is 5.91 Å². The van der Waals surface area contributed by atoms with E-state index in [1.807, 2.05) is 6.07 Å². The first-order chi connectivity index (χ1) is 12.6. The molecule has 2 aliphatic heterocycles. The molecule has 5 nitrogen and oxygen atoms in total. The Balaban J connectivity index is 1.39. The van der Waals surface area contributed by atoms with Gasteiger partial charge in [0.05, 0.1) is 18.0 Å².